The molecule has 1 aromatic rings. The molecule has 5 heteroatoms. The van der Waals surface area contributed by atoms with E-state index in [0.717, 1.165) is 12.0 Å². The summed E-state index contributed by atoms with van der Waals surface area (Å²) in [6.45, 7) is 5.88. The predicted octanol–water partition coefficient (Wildman–Crippen LogP) is 1.81. The van der Waals surface area contributed by atoms with E-state index in [1.807, 2.05) is 0 Å². The average molecular weight is 282 g/mol. The van der Waals surface area contributed by atoms with Crippen LogP contribution < -0.4 is 5.73 Å². The van der Waals surface area contributed by atoms with E-state index in [0.29, 0.717) is 36.4 Å². The van der Waals surface area contributed by atoms with Crippen molar-refractivity contribution in [3.05, 3.63) is 29.8 Å². The van der Waals surface area contributed by atoms with Crippen LogP contribution in [0.2, 0.25) is 0 Å². The monoisotopic (exact) mass is 282 g/mol. The first-order valence-electron chi connectivity index (χ1n) is 6.72. The van der Waals surface area contributed by atoms with Crippen molar-refractivity contribution in [1.29, 1.82) is 0 Å². The lowest BCUT2D eigenvalue weighted by Crippen LogP contribution is -2.42. The van der Waals surface area contributed by atoms with Crippen molar-refractivity contribution in [3.63, 3.8) is 0 Å². The third-order valence-corrected chi connectivity index (χ3v) is 5.48. The number of benzene rings is 1. The molecule has 1 heterocycles. The second-order valence-electron chi connectivity index (χ2n) is 5.62. The molecular weight excluding hydrogens is 260 g/mol. The second-order valence-corrected chi connectivity index (χ2v) is 7.55. The third kappa shape index (κ3) is 3.16. The Hall–Kier alpha value is -0.910. The lowest BCUT2D eigenvalue weighted by atomic mass is 9.94. The summed E-state index contributed by atoms with van der Waals surface area (Å²) >= 11 is 0. The predicted molar refractivity (Wildman–Crippen MR) is 76.0 cm³/mol. The standard InChI is InChI=1S/C14H22N2O2S/c1-11-7-12(2)10-16(9-11)19(17,18)14-5-3-13(8-15)4-6-14/h3-6,11-12H,7-10,15H2,1-2H3. The fraction of sp³-hybridized carbons (Fsp3) is 0.571. The first kappa shape index (κ1) is 14.5. The van der Waals surface area contributed by atoms with Gasteiger partial charge in [0.25, 0.3) is 0 Å². The van der Waals surface area contributed by atoms with Gasteiger partial charge in [-0.05, 0) is 36.0 Å². The summed E-state index contributed by atoms with van der Waals surface area (Å²) in [4.78, 5) is 0.367. The first-order chi connectivity index (χ1) is 8.93. The van der Waals surface area contributed by atoms with Crippen LogP contribution in [0.15, 0.2) is 29.2 Å². The minimum Gasteiger partial charge on any atom is -0.326 e. The fourth-order valence-electron chi connectivity index (χ4n) is 2.75. The number of sulfonamides is 1. The molecule has 1 saturated heterocycles. The van der Waals surface area contributed by atoms with Crippen molar-refractivity contribution in [1.82, 2.24) is 4.31 Å². The highest BCUT2D eigenvalue weighted by Crippen LogP contribution is 2.26. The molecule has 106 valence electrons. The molecule has 2 N–H and O–H groups in total. The molecule has 4 nitrogen and oxygen atoms in total. The number of nitrogens with zero attached hydrogens (tertiary/aromatic N) is 1. The Morgan fingerprint density at radius 2 is 1.68 bits per heavy atom. The Bertz CT molecular complexity index is 515. The molecule has 2 rings (SSSR count). The molecule has 19 heavy (non-hydrogen) atoms. The summed E-state index contributed by atoms with van der Waals surface area (Å²) < 4.78 is 26.8. The van der Waals surface area contributed by atoms with Gasteiger partial charge in [-0.3, -0.25) is 0 Å². The van der Waals surface area contributed by atoms with E-state index in [9.17, 15) is 8.42 Å². The first-order valence-corrected chi connectivity index (χ1v) is 8.16. The molecule has 2 atom stereocenters. The number of rotatable bonds is 3. The third-order valence-electron chi connectivity index (χ3n) is 3.63. The Labute approximate surface area is 115 Å². The van der Waals surface area contributed by atoms with Crippen LogP contribution in [0, 0.1) is 11.8 Å². The number of hydrogen-bond acceptors (Lipinski definition) is 3. The van der Waals surface area contributed by atoms with Crippen molar-refractivity contribution in [2.75, 3.05) is 13.1 Å². The second kappa shape index (κ2) is 5.61. The van der Waals surface area contributed by atoms with E-state index in [4.69, 9.17) is 5.73 Å². The van der Waals surface area contributed by atoms with Gasteiger partial charge in [0.1, 0.15) is 0 Å². The van der Waals surface area contributed by atoms with Crippen LogP contribution in [0.1, 0.15) is 25.8 Å². The lowest BCUT2D eigenvalue weighted by Gasteiger charge is -2.34. The SMILES string of the molecule is CC1CC(C)CN(S(=O)(=O)c2ccc(CN)cc2)C1. The van der Waals surface area contributed by atoms with Gasteiger partial charge in [-0.25, -0.2) is 8.42 Å². The number of hydrogen-bond donors (Lipinski definition) is 1. The molecule has 0 aromatic heterocycles. The van der Waals surface area contributed by atoms with Crippen molar-refractivity contribution in [2.45, 2.75) is 31.7 Å². The van der Waals surface area contributed by atoms with Crippen molar-refractivity contribution in [2.24, 2.45) is 17.6 Å². The van der Waals surface area contributed by atoms with E-state index in [1.54, 1.807) is 28.6 Å². The lowest BCUT2D eigenvalue weighted by molar-refractivity contribution is 0.222. The van der Waals surface area contributed by atoms with Crippen LogP contribution in [-0.2, 0) is 16.6 Å². The molecule has 2 unspecified atom stereocenters. The Kier molecular flexibility index (Phi) is 4.28. The molecule has 1 aromatic carbocycles. The van der Waals surface area contributed by atoms with E-state index in [2.05, 4.69) is 13.8 Å². The quantitative estimate of drug-likeness (QED) is 0.919. The van der Waals surface area contributed by atoms with E-state index in [1.165, 1.54) is 0 Å². The molecule has 0 amide bonds. The van der Waals surface area contributed by atoms with Gasteiger partial charge in [-0.1, -0.05) is 26.0 Å². The van der Waals surface area contributed by atoms with E-state index < -0.39 is 10.0 Å². The highest BCUT2D eigenvalue weighted by atomic mass is 32.2. The molecule has 0 spiro atoms. The van der Waals surface area contributed by atoms with Gasteiger partial charge in [0.15, 0.2) is 0 Å². The fourth-order valence-corrected chi connectivity index (χ4v) is 4.43. The Morgan fingerprint density at radius 1 is 1.16 bits per heavy atom. The zero-order valence-electron chi connectivity index (χ0n) is 11.5. The molecule has 0 saturated carbocycles. The summed E-state index contributed by atoms with van der Waals surface area (Å²) in [6, 6.07) is 6.87. The maximum Gasteiger partial charge on any atom is 0.243 e. The van der Waals surface area contributed by atoms with Gasteiger partial charge in [0, 0.05) is 19.6 Å². The Morgan fingerprint density at radius 3 is 2.16 bits per heavy atom. The number of piperidine rings is 1. The highest BCUT2D eigenvalue weighted by Gasteiger charge is 2.31. The maximum atomic E-state index is 12.6. The summed E-state index contributed by atoms with van der Waals surface area (Å²) in [5.74, 6) is 0.837. The summed E-state index contributed by atoms with van der Waals surface area (Å²) in [7, 11) is -3.36. The van der Waals surface area contributed by atoms with Gasteiger partial charge in [0.2, 0.25) is 10.0 Å². The summed E-state index contributed by atoms with van der Waals surface area (Å²) in [5.41, 5.74) is 6.47. The van der Waals surface area contributed by atoms with Crippen LogP contribution in [0.25, 0.3) is 0 Å². The largest absolute Gasteiger partial charge is 0.326 e. The van der Waals surface area contributed by atoms with Gasteiger partial charge in [-0.15, -0.1) is 0 Å². The van der Waals surface area contributed by atoms with Gasteiger partial charge < -0.3 is 5.73 Å². The maximum absolute atomic E-state index is 12.6. The topological polar surface area (TPSA) is 63.4 Å². The normalized spacial score (nSPS) is 25.4. The summed E-state index contributed by atoms with van der Waals surface area (Å²) in [6.07, 6.45) is 1.10. The van der Waals surface area contributed by atoms with Crippen LogP contribution in [0.4, 0.5) is 0 Å². The Balaban J connectivity index is 2.25. The minimum atomic E-state index is -3.36. The van der Waals surface area contributed by atoms with E-state index in [-0.39, 0.29) is 0 Å². The molecule has 0 radical (unpaired) electrons. The van der Waals surface area contributed by atoms with Crippen molar-refractivity contribution in [3.8, 4) is 0 Å². The van der Waals surface area contributed by atoms with Crippen molar-refractivity contribution >= 4 is 10.0 Å². The molecule has 1 aliphatic heterocycles. The highest BCUT2D eigenvalue weighted by molar-refractivity contribution is 7.89. The van der Waals surface area contributed by atoms with Crippen LogP contribution >= 0.6 is 0 Å². The van der Waals surface area contributed by atoms with Gasteiger partial charge in [0.05, 0.1) is 4.90 Å². The molecule has 1 fully saturated rings. The molecule has 0 bridgehead atoms. The van der Waals surface area contributed by atoms with Crippen LogP contribution in [-0.4, -0.2) is 25.8 Å². The van der Waals surface area contributed by atoms with Crippen LogP contribution in [0.5, 0.6) is 0 Å². The van der Waals surface area contributed by atoms with Gasteiger partial charge >= 0.3 is 0 Å². The zero-order chi connectivity index (χ0) is 14.0. The minimum absolute atomic E-state index is 0.367. The van der Waals surface area contributed by atoms with Gasteiger partial charge in [-0.2, -0.15) is 4.31 Å². The van der Waals surface area contributed by atoms with Crippen molar-refractivity contribution < 1.29 is 8.42 Å². The smallest absolute Gasteiger partial charge is 0.243 e. The average Bonchev–Trinajstić information content (AvgIpc) is 2.37. The number of nitrogens with two attached hydrogens (primary N) is 1. The van der Waals surface area contributed by atoms with Crippen LogP contribution in [0.3, 0.4) is 0 Å². The molecule has 0 aliphatic carbocycles. The molecule has 1 aliphatic rings. The summed E-state index contributed by atoms with van der Waals surface area (Å²) in [5, 5.41) is 0. The van der Waals surface area contributed by atoms with E-state index >= 15 is 0 Å². The zero-order valence-corrected chi connectivity index (χ0v) is 12.4. The molecular formula is C14H22N2O2S.